The lowest BCUT2D eigenvalue weighted by Gasteiger charge is -2.26. The van der Waals surface area contributed by atoms with Gasteiger partial charge in [0, 0.05) is 13.0 Å². The standard InChI is InChI=1S/C32H45N5O8.C7H8/c1-20-15-23(38)16-21(2)24(20)17-26(37-31(43)45-32(3,4)5)29(41)36-25(28(40)35-18-27(33)39)13-9-10-14-34-30(42)44-19-22-11-7-6-8-12-22;1-7-5-3-2-4-6-7/h6-8,11-12,15-16,25-26,38H,9-10,13-14,17-19H2,1-5H3,(H2,33,39)(H,34,42)(H,35,40)(H,36,41)(H,37,43);2-6H,1H3. The average Bonchev–Trinajstić information content (AvgIpc) is 3.06. The van der Waals surface area contributed by atoms with Gasteiger partial charge in [0.2, 0.25) is 17.7 Å². The molecule has 3 rings (SSSR count). The Bertz CT molecular complexity index is 1590. The maximum absolute atomic E-state index is 13.6. The van der Waals surface area contributed by atoms with E-state index in [-0.39, 0.29) is 31.7 Å². The second-order valence-corrected chi connectivity index (χ2v) is 13.3. The van der Waals surface area contributed by atoms with E-state index in [4.69, 9.17) is 15.2 Å². The van der Waals surface area contributed by atoms with Crippen molar-refractivity contribution in [1.29, 1.82) is 0 Å². The van der Waals surface area contributed by atoms with Crippen LogP contribution in [0.2, 0.25) is 0 Å². The Hall–Kier alpha value is -5.59. The summed E-state index contributed by atoms with van der Waals surface area (Å²) in [4.78, 5) is 62.5. The van der Waals surface area contributed by atoms with Crippen molar-refractivity contribution in [3.8, 4) is 5.75 Å². The summed E-state index contributed by atoms with van der Waals surface area (Å²) < 4.78 is 10.5. The van der Waals surface area contributed by atoms with Crippen molar-refractivity contribution in [2.75, 3.05) is 13.1 Å². The molecule has 0 aliphatic heterocycles. The molecule has 0 spiro atoms. The lowest BCUT2D eigenvalue weighted by molar-refractivity contribution is -0.131. The van der Waals surface area contributed by atoms with Crippen molar-refractivity contribution in [1.82, 2.24) is 21.3 Å². The third-order valence-corrected chi connectivity index (χ3v) is 7.51. The van der Waals surface area contributed by atoms with Crippen LogP contribution in [0.1, 0.15) is 67.9 Å². The number of aromatic hydroxyl groups is 1. The van der Waals surface area contributed by atoms with Gasteiger partial charge >= 0.3 is 12.2 Å². The number of ether oxygens (including phenoxy) is 2. The second kappa shape index (κ2) is 21.6. The Morgan fingerprint density at radius 1 is 0.769 bits per heavy atom. The topological polar surface area (TPSA) is 198 Å². The van der Waals surface area contributed by atoms with Crippen molar-refractivity contribution >= 4 is 29.9 Å². The third-order valence-electron chi connectivity index (χ3n) is 7.51. The van der Waals surface area contributed by atoms with Gasteiger partial charge in [-0.05, 0) is 95.2 Å². The van der Waals surface area contributed by atoms with Crippen LogP contribution in [0.15, 0.2) is 72.8 Å². The molecule has 0 heterocycles. The minimum Gasteiger partial charge on any atom is -0.508 e. The first-order valence-corrected chi connectivity index (χ1v) is 17.1. The van der Waals surface area contributed by atoms with Gasteiger partial charge in [-0.2, -0.15) is 0 Å². The molecule has 3 aromatic rings. The molecule has 7 N–H and O–H groups in total. The zero-order valence-electron chi connectivity index (χ0n) is 30.9. The fraction of sp³-hybridized carbons (Fsp3) is 0.410. The van der Waals surface area contributed by atoms with Crippen LogP contribution in [0.25, 0.3) is 0 Å². The molecular formula is C39H53N5O8. The van der Waals surface area contributed by atoms with Crippen molar-refractivity contribution in [3.05, 3.63) is 101 Å². The van der Waals surface area contributed by atoms with Gasteiger partial charge in [0.25, 0.3) is 0 Å². The Labute approximate surface area is 306 Å². The molecule has 13 heteroatoms. The number of nitrogens with one attached hydrogen (secondary N) is 4. The van der Waals surface area contributed by atoms with E-state index in [1.807, 2.05) is 48.5 Å². The van der Waals surface area contributed by atoms with Gasteiger partial charge in [0.1, 0.15) is 30.0 Å². The van der Waals surface area contributed by atoms with Crippen molar-refractivity contribution in [3.63, 3.8) is 0 Å². The Kier molecular flexibility index (Phi) is 17.7. The summed E-state index contributed by atoms with van der Waals surface area (Å²) in [5.41, 5.74) is 8.67. The van der Waals surface area contributed by atoms with Gasteiger partial charge in [-0.25, -0.2) is 9.59 Å². The predicted molar refractivity (Wildman–Crippen MR) is 198 cm³/mol. The molecule has 13 nitrogen and oxygen atoms in total. The highest BCUT2D eigenvalue weighted by atomic mass is 16.6. The molecule has 0 radical (unpaired) electrons. The highest BCUT2D eigenvalue weighted by molar-refractivity contribution is 5.92. The van der Waals surface area contributed by atoms with Crippen molar-refractivity contribution < 1.29 is 38.6 Å². The van der Waals surface area contributed by atoms with E-state index in [0.29, 0.717) is 24.0 Å². The number of primary amides is 1. The van der Waals surface area contributed by atoms with Gasteiger partial charge in [-0.1, -0.05) is 66.2 Å². The fourth-order valence-corrected chi connectivity index (χ4v) is 4.97. The van der Waals surface area contributed by atoms with Gasteiger partial charge in [0.05, 0.1) is 6.54 Å². The SMILES string of the molecule is Cc1cc(O)cc(C)c1CC(NC(=O)OC(C)(C)C)C(=O)NC(CCCCNC(=O)OCc1ccccc1)C(=O)NCC(N)=O.Cc1ccccc1. The van der Waals surface area contributed by atoms with E-state index < -0.39 is 54.1 Å². The highest BCUT2D eigenvalue weighted by Crippen LogP contribution is 2.22. The van der Waals surface area contributed by atoms with Crippen LogP contribution in [-0.4, -0.2) is 65.8 Å². The number of carbonyl (C=O) groups is 5. The number of hydrogen-bond donors (Lipinski definition) is 6. The summed E-state index contributed by atoms with van der Waals surface area (Å²) in [5, 5.41) is 20.3. The summed E-state index contributed by atoms with van der Waals surface area (Å²) in [6.45, 7) is 10.7. The Balaban J connectivity index is 0.00000119. The van der Waals surface area contributed by atoms with Gasteiger partial charge in [0.15, 0.2) is 0 Å². The number of unbranched alkanes of at least 4 members (excludes halogenated alkanes) is 1. The van der Waals surface area contributed by atoms with Crippen LogP contribution < -0.4 is 27.0 Å². The lowest BCUT2D eigenvalue weighted by Crippen LogP contribution is -2.55. The average molecular weight is 720 g/mol. The van der Waals surface area contributed by atoms with E-state index in [1.165, 1.54) is 5.56 Å². The number of benzene rings is 3. The van der Waals surface area contributed by atoms with Crippen LogP contribution in [0.5, 0.6) is 5.75 Å². The number of phenols is 1. The lowest BCUT2D eigenvalue weighted by atomic mass is 9.95. The number of alkyl carbamates (subject to hydrolysis) is 2. The first-order valence-electron chi connectivity index (χ1n) is 17.1. The third kappa shape index (κ3) is 17.4. The second-order valence-electron chi connectivity index (χ2n) is 13.3. The van der Waals surface area contributed by atoms with Gasteiger partial charge in [-0.15, -0.1) is 0 Å². The first-order chi connectivity index (χ1) is 24.5. The molecule has 0 saturated heterocycles. The summed E-state index contributed by atoms with van der Waals surface area (Å²) in [6.07, 6.45) is -0.327. The monoisotopic (exact) mass is 719 g/mol. The van der Waals surface area contributed by atoms with Crippen molar-refractivity contribution in [2.24, 2.45) is 5.73 Å². The number of amides is 5. The Morgan fingerprint density at radius 2 is 1.37 bits per heavy atom. The van der Waals surface area contributed by atoms with Crippen LogP contribution >= 0.6 is 0 Å². The number of phenolic OH excluding ortho intramolecular Hbond substituents is 1. The minimum atomic E-state index is -1.14. The van der Waals surface area contributed by atoms with Crippen molar-refractivity contribution in [2.45, 2.75) is 91.5 Å². The summed E-state index contributed by atoms with van der Waals surface area (Å²) >= 11 is 0. The predicted octanol–water partition coefficient (Wildman–Crippen LogP) is 4.62. The molecule has 0 saturated carbocycles. The summed E-state index contributed by atoms with van der Waals surface area (Å²) in [6, 6.07) is 20.4. The molecule has 0 bridgehead atoms. The van der Waals surface area contributed by atoms with Crippen LogP contribution in [0, 0.1) is 20.8 Å². The zero-order valence-corrected chi connectivity index (χ0v) is 30.9. The molecule has 5 amide bonds. The highest BCUT2D eigenvalue weighted by Gasteiger charge is 2.29. The number of hydrogen-bond acceptors (Lipinski definition) is 8. The number of aryl methyl sites for hydroxylation is 3. The van der Waals surface area contributed by atoms with Crippen LogP contribution in [-0.2, 0) is 36.9 Å². The van der Waals surface area contributed by atoms with Gasteiger partial charge in [-0.3, -0.25) is 14.4 Å². The normalized spacial score (nSPS) is 11.8. The molecule has 282 valence electrons. The quantitative estimate of drug-likeness (QED) is 0.122. The smallest absolute Gasteiger partial charge is 0.408 e. The van der Waals surface area contributed by atoms with E-state index in [9.17, 15) is 29.1 Å². The molecule has 2 atom stereocenters. The maximum atomic E-state index is 13.6. The summed E-state index contributed by atoms with van der Waals surface area (Å²) in [7, 11) is 0. The van der Waals surface area contributed by atoms with E-state index in [1.54, 1.807) is 46.8 Å². The number of nitrogens with two attached hydrogens (primary N) is 1. The molecule has 0 aliphatic carbocycles. The Morgan fingerprint density at radius 3 is 1.90 bits per heavy atom. The maximum Gasteiger partial charge on any atom is 0.408 e. The first kappa shape index (κ1) is 42.6. The van der Waals surface area contributed by atoms with Crippen LogP contribution in [0.4, 0.5) is 9.59 Å². The molecule has 52 heavy (non-hydrogen) atoms. The molecule has 2 unspecified atom stereocenters. The fourth-order valence-electron chi connectivity index (χ4n) is 4.97. The summed E-state index contributed by atoms with van der Waals surface area (Å²) in [5.74, 6) is -1.98. The minimum absolute atomic E-state index is 0.0493. The molecule has 0 fully saturated rings. The van der Waals surface area contributed by atoms with E-state index in [0.717, 1.165) is 11.1 Å². The molecule has 3 aromatic carbocycles. The van der Waals surface area contributed by atoms with E-state index >= 15 is 0 Å². The molecule has 0 aromatic heterocycles. The number of carbonyl (C=O) groups excluding carboxylic acids is 5. The zero-order chi connectivity index (χ0) is 38.7. The molecule has 0 aliphatic rings. The largest absolute Gasteiger partial charge is 0.508 e. The van der Waals surface area contributed by atoms with Crippen LogP contribution in [0.3, 0.4) is 0 Å². The number of rotatable bonds is 15. The van der Waals surface area contributed by atoms with Gasteiger partial charge < -0.3 is 41.6 Å². The molecular weight excluding hydrogens is 666 g/mol. The van der Waals surface area contributed by atoms with E-state index in [2.05, 4.69) is 40.3 Å².